The van der Waals surface area contributed by atoms with E-state index in [2.05, 4.69) is 39.9 Å². The zero-order valence-electron chi connectivity index (χ0n) is 13.9. The van der Waals surface area contributed by atoms with Crippen LogP contribution in [0.4, 0.5) is 0 Å². The molecule has 0 aromatic rings. The third-order valence-electron chi connectivity index (χ3n) is 3.26. The van der Waals surface area contributed by atoms with Crippen LogP contribution in [0.5, 0.6) is 0 Å². The molecule has 1 nitrogen and oxygen atoms in total. The maximum atomic E-state index is 3.97. The largest absolute Gasteiger partial charge is 4.00 e. The predicted octanol–water partition coefficient (Wildman–Crippen LogP) is 5.27. The Morgan fingerprint density at radius 3 is 0.833 bits per heavy atom. The van der Waals surface area contributed by atoms with Crippen molar-refractivity contribution in [3.8, 4) is 0 Å². The Hall–Kier alpha value is 0.674. The standard InChI is InChI=1S/C10H15.C4H10N.2CH3.Ti/c1-6-7(2)9(4)10(5)8(6)3;1-3-5-4-2;;;/h1-5H3;3-4H2,1-2H3;2*1H3;/q;3*-1;+4. The van der Waals surface area contributed by atoms with Crippen LogP contribution in [-0.2, 0) is 21.7 Å². The van der Waals surface area contributed by atoms with E-state index in [1.807, 2.05) is 13.8 Å². The van der Waals surface area contributed by atoms with E-state index in [9.17, 15) is 0 Å². The van der Waals surface area contributed by atoms with Crippen molar-refractivity contribution in [3.05, 3.63) is 49.8 Å². The van der Waals surface area contributed by atoms with Crippen molar-refractivity contribution >= 4 is 0 Å². The molecule has 0 amide bonds. The van der Waals surface area contributed by atoms with Gasteiger partial charge in [0.15, 0.2) is 0 Å². The monoisotopic (exact) mass is 285 g/mol. The minimum atomic E-state index is 0. The molecule has 0 atom stereocenters. The average molecular weight is 285 g/mol. The Kier molecular flexibility index (Phi) is 21.2. The third-order valence-corrected chi connectivity index (χ3v) is 3.26. The van der Waals surface area contributed by atoms with E-state index in [1.165, 1.54) is 29.6 Å². The molecule has 0 aliphatic heterocycles. The molecular formula is C16H31NTi+. The van der Waals surface area contributed by atoms with Gasteiger partial charge in [-0.15, -0.1) is 0 Å². The summed E-state index contributed by atoms with van der Waals surface area (Å²) in [4.78, 5) is 0. The van der Waals surface area contributed by atoms with Crippen LogP contribution < -0.4 is 0 Å². The summed E-state index contributed by atoms with van der Waals surface area (Å²) >= 11 is 0. The molecule has 1 rings (SSSR count). The smallest absolute Gasteiger partial charge is 0.663 e. The van der Waals surface area contributed by atoms with Crippen LogP contribution in [0.15, 0.2) is 0 Å². The minimum absolute atomic E-state index is 0. The molecule has 1 fully saturated rings. The molecule has 0 aromatic carbocycles. The molecule has 0 aromatic heterocycles. The van der Waals surface area contributed by atoms with Gasteiger partial charge in [-0.25, -0.2) is 0 Å². The fourth-order valence-electron chi connectivity index (χ4n) is 1.63. The fraction of sp³-hybridized carbons (Fsp3) is 0.562. The Bertz CT molecular complexity index is 114. The van der Waals surface area contributed by atoms with Crippen LogP contribution in [0.25, 0.3) is 5.32 Å². The van der Waals surface area contributed by atoms with Gasteiger partial charge in [0.2, 0.25) is 0 Å². The summed E-state index contributed by atoms with van der Waals surface area (Å²) in [5.74, 6) is 7.34. The molecule has 1 aliphatic carbocycles. The first-order valence-electron chi connectivity index (χ1n) is 5.80. The van der Waals surface area contributed by atoms with Gasteiger partial charge < -0.3 is 20.2 Å². The molecule has 1 saturated carbocycles. The van der Waals surface area contributed by atoms with Crippen LogP contribution in [0.2, 0.25) is 0 Å². The Labute approximate surface area is 133 Å². The summed E-state index contributed by atoms with van der Waals surface area (Å²) in [7, 11) is 0. The van der Waals surface area contributed by atoms with Crippen molar-refractivity contribution in [1.29, 1.82) is 0 Å². The Morgan fingerprint density at radius 2 is 0.778 bits per heavy atom. The van der Waals surface area contributed by atoms with Gasteiger partial charge in [0.25, 0.3) is 0 Å². The normalized spacial score (nSPS) is 18.2. The zero-order chi connectivity index (χ0) is 12.0. The second-order valence-electron chi connectivity index (χ2n) is 3.98. The van der Waals surface area contributed by atoms with E-state index in [0.717, 1.165) is 13.1 Å². The molecule has 0 N–H and O–H groups in total. The molecule has 0 bridgehead atoms. The van der Waals surface area contributed by atoms with Crippen molar-refractivity contribution in [2.24, 2.45) is 0 Å². The van der Waals surface area contributed by atoms with Gasteiger partial charge in [0, 0.05) is 0 Å². The van der Waals surface area contributed by atoms with E-state index in [4.69, 9.17) is 0 Å². The molecule has 0 saturated heterocycles. The molecular weight excluding hydrogens is 254 g/mol. The van der Waals surface area contributed by atoms with Gasteiger partial charge in [-0.2, -0.15) is 13.1 Å². The van der Waals surface area contributed by atoms with Gasteiger partial charge >= 0.3 is 21.7 Å². The third kappa shape index (κ3) is 7.97. The maximum absolute atomic E-state index is 3.97. The second-order valence-corrected chi connectivity index (χ2v) is 3.98. The Morgan fingerprint density at radius 1 is 0.611 bits per heavy atom. The predicted molar refractivity (Wildman–Crippen MR) is 81.9 cm³/mol. The first-order valence-corrected chi connectivity index (χ1v) is 5.80. The zero-order valence-corrected chi connectivity index (χ0v) is 15.4. The molecule has 18 heavy (non-hydrogen) atoms. The van der Waals surface area contributed by atoms with E-state index < -0.39 is 0 Å². The molecule has 2 heteroatoms. The second kappa shape index (κ2) is 14.1. The van der Waals surface area contributed by atoms with Gasteiger partial charge in [-0.05, 0) is 29.6 Å². The first kappa shape index (κ1) is 27.1. The molecule has 5 radical (unpaired) electrons. The average Bonchev–Trinajstić information content (AvgIpc) is 2.39. The van der Waals surface area contributed by atoms with E-state index in [-0.39, 0.29) is 36.6 Å². The van der Waals surface area contributed by atoms with Crippen LogP contribution in [0.3, 0.4) is 0 Å². The maximum Gasteiger partial charge on any atom is 4.00 e. The van der Waals surface area contributed by atoms with Gasteiger partial charge in [0.05, 0.1) is 0 Å². The topological polar surface area (TPSA) is 14.1 Å². The number of hydrogen-bond donors (Lipinski definition) is 0. The minimum Gasteiger partial charge on any atom is -0.663 e. The summed E-state index contributed by atoms with van der Waals surface area (Å²) < 4.78 is 0. The Balaban J connectivity index is -0.000000109. The van der Waals surface area contributed by atoms with E-state index in [0.29, 0.717) is 0 Å². The van der Waals surface area contributed by atoms with Crippen molar-refractivity contribution in [3.63, 3.8) is 0 Å². The van der Waals surface area contributed by atoms with Crippen LogP contribution >= 0.6 is 0 Å². The summed E-state index contributed by atoms with van der Waals surface area (Å²) in [6.07, 6.45) is 0. The summed E-state index contributed by atoms with van der Waals surface area (Å²) in [6.45, 7) is 17.0. The van der Waals surface area contributed by atoms with Crippen LogP contribution in [0.1, 0.15) is 48.5 Å². The molecule has 0 unspecified atom stereocenters. The molecule has 1 aliphatic rings. The van der Waals surface area contributed by atoms with E-state index >= 15 is 0 Å². The fourth-order valence-corrected chi connectivity index (χ4v) is 1.63. The SMILES string of the molecule is CC[N-]CC.C[C]1[C](C)[C](C)[C](C)[C]1C.[CH3-].[CH3-].[Ti+4]. The van der Waals surface area contributed by atoms with Crippen LogP contribution in [0, 0.1) is 44.4 Å². The van der Waals surface area contributed by atoms with Gasteiger partial charge in [-0.3, -0.25) is 0 Å². The summed E-state index contributed by atoms with van der Waals surface area (Å²) in [5.41, 5.74) is 0. The molecule has 0 spiro atoms. The van der Waals surface area contributed by atoms with E-state index in [1.54, 1.807) is 0 Å². The van der Waals surface area contributed by atoms with Crippen molar-refractivity contribution in [2.75, 3.05) is 13.1 Å². The molecule has 0 heterocycles. The van der Waals surface area contributed by atoms with Gasteiger partial charge in [-0.1, -0.05) is 48.5 Å². The van der Waals surface area contributed by atoms with Crippen molar-refractivity contribution in [1.82, 2.24) is 0 Å². The summed E-state index contributed by atoms with van der Waals surface area (Å²) in [5, 5.41) is 3.97. The summed E-state index contributed by atoms with van der Waals surface area (Å²) in [6, 6.07) is 0. The van der Waals surface area contributed by atoms with Crippen molar-refractivity contribution < 1.29 is 21.7 Å². The first-order chi connectivity index (χ1) is 6.97. The van der Waals surface area contributed by atoms with Crippen molar-refractivity contribution in [2.45, 2.75) is 48.5 Å². The number of nitrogens with zero attached hydrogens (tertiary/aromatic N) is 1. The molecule has 103 valence electrons. The van der Waals surface area contributed by atoms with Gasteiger partial charge in [0.1, 0.15) is 0 Å². The number of hydrogen-bond acceptors (Lipinski definition) is 0. The quantitative estimate of drug-likeness (QED) is 0.484. The number of rotatable bonds is 2. The van der Waals surface area contributed by atoms with Crippen LogP contribution in [-0.4, -0.2) is 13.1 Å².